The van der Waals surface area contributed by atoms with Crippen LogP contribution in [0.2, 0.25) is 0 Å². The number of hydrogen-bond acceptors (Lipinski definition) is 5. The lowest BCUT2D eigenvalue weighted by Gasteiger charge is -2.13. The number of anilines is 1. The van der Waals surface area contributed by atoms with Crippen molar-refractivity contribution < 1.29 is 32.2 Å². The zero-order valence-electron chi connectivity index (χ0n) is 10.9. The Morgan fingerprint density at radius 1 is 1.38 bits per heavy atom. The summed E-state index contributed by atoms with van der Waals surface area (Å²) in [6, 6.07) is 3.00. The third-order valence-electron chi connectivity index (χ3n) is 2.16. The monoisotopic (exact) mass is 306 g/mol. The molecule has 0 bridgehead atoms. The number of carbonyl (C=O) groups excluding carboxylic acids is 2. The molecule has 116 valence electrons. The third-order valence-corrected chi connectivity index (χ3v) is 2.16. The van der Waals surface area contributed by atoms with Crippen molar-refractivity contribution >= 4 is 17.6 Å². The third kappa shape index (κ3) is 5.69. The molecule has 1 unspecified atom stereocenters. The second-order valence-electron chi connectivity index (χ2n) is 3.79. The van der Waals surface area contributed by atoms with Crippen LogP contribution in [-0.4, -0.2) is 30.9 Å². The number of rotatable bonds is 5. The minimum atomic E-state index is -4.84. The number of alkyl halides is 3. The van der Waals surface area contributed by atoms with Gasteiger partial charge >= 0.3 is 12.3 Å². The molecule has 0 aliphatic heterocycles. The van der Waals surface area contributed by atoms with Crippen molar-refractivity contribution in [3.63, 3.8) is 0 Å². The van der Waals surface area contributed by atoms with Crippen molar-refractivity contribution in [2.24, 2.45) is 5.73 Å². The lowest BCUT2D eigenvalue weighted by Crippen LogP contribution is -2.43. The summed E-state index contributed by atoms with van der Waals surface area (Å²) >= 11 is 0. The van der Waals surface area contributed by atoms with E-state index in [-0.39, 0.29) is 12.3 Å². The second kappa shape index (κ2) is 6.93. The molecule has 0 saturated heterocycles. The minimum Gasteiger partial charge on any atom is -0.464 e. The predicted octanol–water partition coefficient (Wildman–Crippen LogP) is 1.41. The number of halogens is 3. The van der Waals surface area contributed by atoms with Gasteiger partial charge in [0.2, 0.25) is 0 Å². The summed E-state index contributed by atoms with van der Waals surface area (Å²) in [4.78, 5) is 22.9. The van der Waals surface area contributed by atoms with Gasteiger partial charge < -0.3 is 20.5 Å². The summed E-state index contributed by atoms with van der Waals surface area (Å²) in [6.45, 7) is 1.59. The van der Waals surface area contributed by atoms with Gasteiger partial charge in [-0.1, -0.05) is 6.07 Å². The van der Waals surface area contributed by atoms with Gasteiger partial charge in [0.15, 0.2) is 6.04 Å². The molecule has 9 heteroatoms. The number of ether oxygens (including phenoxy) is 2. The van der Waals surface area contributed by atoms with Crippen LogP contribution in [0.1, 0.15) is 6.92 Å². The van der Waals surface area contributed by atoms with Gasteiger partial charge in [-0.05, 0) is 19.1 Å². The molecule has 0 saturated carbocycles. The average molecular weight is 306 g/mol. The van der Waals surface area contributed by atoms with Gasteiger partial charge in [0.05, 0.1) is 6.61 Å². The molecule has 0 heterocycles. The summed E-state index contributed by atoms with van der Waals surface area (Å²) < 4.78 is 44.4. The Hall–Kier alpha value is -2.29. The van der Waals surface area contributed by atoms with E-state index in [1.165, 1.54) is 12.1 Å². The summed E-state index contributed by atoms with van der Waals surface area (Å²) in [5, 5.41) is 2.20. The van der Waals surface area contributed by atoms with Crippen molar-refractivity contribution in [1.29, 1.82) is 0 Å². The van der Waals surface area contributed by atoms with Crippen molar-refractivity contribution in [1.82, 2.24) is 0 Å². The van der Waals surface area contributed by atoms with Crippen LogP contribution >= 0.6 is 0 Å². The number of carbonyl (C=O) groups is 2. The van der Waals surface area contributed by atoms with E-state index in [0.717, 1.165) is 12.1 Å². The maximum atomic E-state index is 12.1. The summed E-state index contributed by atoms with van der Waals surface area (Å²) in [7, 11) is 0. The number of benzene rings is 1. The van der Waals surface area contributed by atoms with Crippen molar-refractivity contribution in [3.8, 4) is 5.75 Å². The molecule has 1 atom stereocenters. The standard InChI is InChI=1S/C12H13F3N2O4/c1-2-20-11(19)9(16)10(18)17-7-4-3-5-8(6-7)21-12(13,14)15/h3-6,9H,2,16H2,1H3,(H,17,18). The summed E-state index contributed by atoms with van der Waals surface area (Å²) in [5.74, 6) is -2.35. The molecule has 1 aromatic carbocycles. The number of esters is 1. The molecule has 1 amide bonds. The quantitative estimate of drug-likeness (QED) is 0.634. The van der Waals surface area contributed by atoms with E-state index in [0.29, 0.717) is 0 Å². The van der Waals surface area contributed by atoms with Crippen LogP contribution in [0, 0.1) is 0 Å². The first-order chi connectivity index (χ1) is 9.73. The predicted molar refractivity (Wildman–Crippen MR) is 66.4 cm³/mol. The second-order valence-corrected chi connectivity index (χ2v) is 3.79. The van der Waals surface area contributed by atoms with E-state index in [9.17, 15) is 22.8 Å². The first-order valence-electron chi connectivity index (χ1n) is 5.82. The fourth-order valence-corrected chi connectivity index (χ4v) is 1.33. The molecule has 0 aliphatic rings. The van der Waals surface area contributed by atoms with Crippen molar-refractivity contribution in [2.45, 2.75) is 19.3 Å². The zero-order chi connectivity index (χ0) is 16.0. The molecule has 0 fully saturated rings. The van der Waals surface area contributed by atoms with Crippen LogP contribution in [0.5, 0.6) is 5.75 Å². The molecular formula is C12H13F3N2O4. The summed E-state index contributed by atoms with van der Waals surface area (Å²) in [5.41, 5.74) is 5.34. The van der Waals surface area contributed by atoms with Crippen LogP contribution in [0.25, 0.3) is 0 Å². The highest BCUT2D eigenvalue weighted by Gasteiger charge is 2.31. The number of nitrogens with two attached hydrogens (primary N) is 1. The van der Waals surface area contributed by atoms with Crippen LogP contribution < -0.4 is 15.8 Å². The molecule has 21 heavy (non-hydrogen) atoms. The minimum absolute atomic E-state index is 0.00139. The lowest BCUT2D eigenvalue weighted by atomic mass is 10.2. The smallest absolute Gasteiger partial charge is 0.464 e. The average Bonchev–Trinajstić information content (AvgIpc) is 2.36. The number of hydrogen-bond donors (Lipinski definition) is 2. The molecule has 1 aromatic rings. The molecule has 0 aliphatic carbocycles. The van der Waals surface area contributed by atoms with Crippen LogP contribution in [0.3, 0.4) is 0 Å². The van der Waals surface area contributed by atoms with Gasteiger partial charge in [-0.2, -0.15) is 0 Å². The highest BCUT2D eigenvalue weighted by Crippen LogP contribution is 2.25. The van der Waals surface area contributed by atoms with Crippen LogP contribution in [0.15, 0.2) is 24.3 Å². The highest BCUT2D eigenvalue weighted by atomic mass is 19.4. The molecule has 1 rings (SSSR count). The Balaban J connectivity index is 2.72. The van der Waals surface area contributed by atoms with Crippen LogP contribution in [-0.2, 0) is 14.3 Å². The van der Waals surface area contributed by atoms with E-state index in [1.54, 1.807) is 6.92 Å². The fourth-order valence-electron chi connectivity index (χ4n) is 1.33. The Morgan fingerprint density at radius 3 is 2.62 bits per heavy atom. The van der Waals surface area contributed by atoms with E-state index < -0.39 is 30.0 Å². The molecule has 6 nitrogen and oxygen atoms in total. The van der Waals surface area contributed by atoms with Gasteiger partial charge in [-0.25, -0.2) is 4.79 Å². The van der Waals surface area contributed by atoms with Crippen molar-refractivity contribution in [3.05, 3.63) is 24.3 Å². The van der Waals surface area contributed by atoms with Gasteiger partial charge in [0.25, 0.3) is 5.91 Å². The topological polar surface area (TPSA) is 90.7 Å². The van der Waals surface area contributed by atoms with E-state index in [1.807, 2.05) is 0 Å². The van der Waals surface area contributed by atoms with E-state index >= 15 is 0 Å². The Morgan fingerprint density at radius 2 is 2.05 bits per heavy atom. The SMILES string of the molecule is CCOC(=O)C(N)C(=O)Nc1cccc(OC(F)(F)F)c1. The molecule has 3 N–H and O–H groups in total. The van der Waals surface area contributed by atoms with E-state index in [2.05, 4.69) is 14.8 Å². The largest absolute Gasteiger partial charge is 0.573 e. The first-order valence-corrected chi connectivity index (χ1v) is 5.82. The molecule has 0 radical (unpaired) electrons. The lowest BCUT2D eigenvalue weighted by molar-refractivity contribution is -0.274. The Labute approximate surface area is 118 Å². The highest BCUT2D eigenvalue weighted by molar-refractivity contribution is 6.08. The number of amides is 1. The van der Waals surface area contributed by atoms with Gasteiger partial charge in [-0.3, -0.25) is 4.79 Å². The van der Waals surface area contributed by atoms with Gasteiger partial charge in [0, 0.05) is 11.8 Å². The maximum absolute atomic E-state index is 12.1. The van der Waals surface area contributed by atoms with Crippen LogP contribution in [0.4, 0.5) is 18.9 Å². The van der Waals surface area contributed by atoms with Crippen molar-refractivity contribution in [2.75, 3.05) is 11.9 Å². The fraction of sp³-hybridized carbons (Fsp3) is 0.333. The van der Waals surface area contributed by atoms with Gasteiger partial charge in [0.1, 0.15) is 5.75 Å². The molecule has 0 spiro atoms. The first kappa shape index (κ1) is 16.8. The molecular weight excluding hydrogens is 293 g/mol. The zero-order valence-corrected chi connectivity index (χ0v) is 10.9. The maximum Gasteiger partial charge on any atom is 0.573 e. The van der Waals surface area contributed by atoms with Gasteiger partial charge in [-0.15, -0.1) is 13.2 Å². The number of nitrogens with one attached hydrogen (secondary N) is 1. The molecule has 0 aromatic heterocycles. The Bertz CT molecular complexity index is 519. The summed E-state index contributed by atoms with van der Waals surface area (Å²) in [6.07, 6.45) is -4.84. The van der Waals surface area contributed by atoms with E-state index in [4.69, 9.17) is 5.73 Å². The Kier molecular flexibility index (Phi) is 5.53. The normalized spacial score (nSPS) is 12.4.